The number of anilines is 1. The molecule has 7 heteroatoms. The molecular weight excluding hydrogens is 399 g/mol. The third-order valence-electron chi connectivity index (χ3n) is 6.04. The molecule has 4 saturated carbocycles. The summed E-state index contributed by atoms with van der Waals surface area (Å²) >= 11 is 2.91. The maximum atomic E-state index is 13.1. The number of rotatable bonds is 2. The lowest BCUT2D eigenvalue weighted by Gasteiger charge is -2.59. The van der Waals surface area contributed by atoms with Crippen LogP contribution in [0.15, 0.2) is 22.7 Å². The molecule has 0 spiro atoms. The molecule has 4 fully saturated rings. The van der Waals surface area contributed by atoms with Crippen LogP contribution in [0, 0.1) is 17.3 Å². The smallest absolute Gasteiger partial charge is 0.390 e. The molecule has 4 aliphatic rings. The van der Waals surface area contributed by atoms with Gasteiger partial charge >= 0.3 is 6.18 Å². The van der Waals surface area contributed by atoms with Crippen molar-refractivity contribution >= 4 is 27.5 Å². The number of carbonyl (C=O) groups is 1. The lowest BCUT2D eigenvalue weighted by atomic mass is 9.47. The minimum absolute atomic E-state index is 0.0536. The molecule has 3 nitrogen and oxygen atoms in total. The summed E-state index contributed by atoms with van der Waals surface area (Å²) in [7, 11) is 0. The normalized spacial score (nSPS) is 36.5. The molecule has 1 aromatic carbocycles. The lowest BCUT2D eigenvalue weighted by Crippen LogP contribution is -2.59. The van der Waals surface area contributed by atoms with Crippen molar-refractivity contribution in [3.05, 3.63) is 28.2 Å². The van der Waals surface area contributed by atoms with Crippen molar-refractivity contribution in [2.45, 2.75) is 50.3 Å². The molecule has 1 amide bonds. The van der Waals surface area contributed by atoms with E-state index in [2.05, 4.69) is 21.2 Å². The average Bonchev–Trinajstić information content (AvgIpc) is 2.45. The first kappa shape index (κ1) is 17.3. The van der Waals surface area contributed by atoms with E-state index in [1.165, 1.54) is 12.1 Å². The lowest BCUT2D eigenvalue weighted by molar-refractivity contribution is -0.174. The second-order valence-corrected chi connectivity index (χ2v) is 8.97. The monoisotopic (exact) mass is 417 g/mol. The summed E-state index contributed by atoms with van der Waals surface area (Å²) in [6.07, 6.45) is -0.0879. The van der Waals surface area contributed by atoms with Gasteiger partial charge in [0.15, 0.2) is 0 Å². The molecule has 4 bridgehead atoms. The van der Waals surface area contributed by atoms with E-state index in [1.807, 2.05) is 0 Å². The van der Waals surface area contributed by atoms with Gasteiger partial charge in [0.05, 0.1) is 16.6 Å². The predicted molar refractivity (Wildman–Crippen MR) is 89.8 cm³/mol. The van der Waals surface area contributed by atoms with Gasteiger partial charge in [-0.2, -0.15) is 13.2 Å². The zero-order valence-corrected chi connectivity index (χ0v) is 15.1. The molecule has 4 aliphatic carbocycles. The zero-order chi connectivity index (χ0) is 18.0. The topological polar surface area (TPSA) is 49.3 Å². The summed E-state index contributed by atoms with van der Waals surface area (Å²) in [6.45, 7) is 0. The summed E-state index contributed by atoms with van der Waals surface area (Å²) in [5, 5.41) is 13.4. The van der Waals surface area contributed by atoms with Gasteiger partial charge in [0.1, 0.15) is 0 Å². The van der Waals surface area contributed by atoms with Crippen molar-refractivity contribution < 1.29 is 23.1 Å². The Hall–Kier alpha value is -1.08. The zero-order valence-electron chi connectivity index (χ0n) is 13.5. The van der Waals surface area contributed by atoms with Gasteiger partial charge < -0.3 is 10.4 Å². The van der Waals surface area contributed by atoms with Gasteiger partial charge in [0.2, 0.25) is 5.91 Å². The molecule has 136 valence electrons. The molecule has 0 aliphatic heterocycles. The number of carbonyl (C=O) groups excluding carboxylic acids is 1. The summed E-state index contributed by atoms with van der Waals surface area (Å²) in [6, 6.07) is 3.72. The number of aliphatic hydroxyl groups is 1. The minimum atomic E-state index is -4.49. The second-order valence-electron chi connectivity index (χ2n) is 8.11. The fraction of sp³-hybridized carbons (Fsp3) is 0.611. The first-order valence-electron chi connectivity index (χ1n) is 8.49. The van der Waals surface area contributed by atoms with Crippen LogP contribution in [0.5, 0.6) is 0 Å². The Kier molecular flexibility index (Phi) is 3.79. The molecule has 2 unspecified atom stereocenters. The molecule has 5 rings (SSSR count). The van der Waals surface area contributed by atoms with Crippen LogP contribution in [-0.2, 0) is 11.0 Å². The summed E-state index contributed by atoms with van der Waals surface area (Å²) in [5.41, 5.74) is -2.10. The van der Waals surface area contributed by atoms with Gasteiger partial charge in [0.25, 0.3) is 0 Å². The number of hydrogen-bond donors (Lipinski definition) is 2. The molecule has 25 heavy (non-hydrogen) atoms. The minimum Gasteiger partial charge on any atom is -0.390 e. The number of halogens is 4. The Morgan fingerprint density at radius 3 is 2.40 bits per heavy atom. The molecule has 4 atom stereocenters. The van der Waals surface area contributed by atoms with Crippen molar-refractivity contribution in [3.8, 4) is 0 Å². The first-order valence-corrected chi connectivity index (χ1v) is 9.29. The number of alkyl halides is 3. The van der Waals surface area contributed by atoms with E-state index in [4.69, 9.17) is 0 Å². The number of amides is 1. The molecule has 0 saturated heterocycles. The molecule has 0 heterocycles. The maximum absolute atomic E-state index is 13.1. The molecular formula is C18H19BrF3NO2. The van der Waals surface area contributed by atoms with Crippen LogP contribution in [0.1, 0.15) is 44.1 Å². The van der Waals surface area contributed by atoms with Crippen LogP contribution in [-0.4, -0.2) is 16.6 Å². The summed E-state index contributed by atoms with van der Waals surface area (Å²) < 4.78 is 39.1. The van der Waals surface area contributed by atoms with Gasteiger partial charge in [-0.3, -0.25) is 4.79 Å². The van der Waals surface area contributed by atoms with Crippen LogP contribution >= 0.6 is 15.9 Å². The third-order valence-corrected chi connectivity index (χ3v) is 6.73. The Morgan fingerprint density at radius 2 is 1.84 bits per heavy atom. The van der Waals surface area contributed by atoms with Crippen molar-refractivity contribution in [1.82, 2.24) is 0 Å². The van der Waals surface area contributed by atoms with Crippen molar-refractivity contribution in [2.75, 3.05) is 5.32 Å². The highest BCUT2D eigenvalue weighted by molar-refractivity contribution is 9.10. The first-order chi connectivity index (χ1) is 11.6. The average molecular weight is 418 g/mol. The highest BCUT2D eigenvalue weighted by atomic mass is 79.9. The van der Waals surface area contributed by atoms with Gasteiger partial charge in [-0.1, -0.05) is 15.9 Å². The van der Waals surface area contributed by atoms with E-state index in [-0.39, 0.29) is 16.1 Å². The fourth-order valence-electron chi connectivity index (χ4n) is 5.56. The number of nitrogens with one attached hydrogen (secondary N) is 1. The predicted octanol–water partition coefficient (Wildman–Crippen LogP) is 4.74. The molecule has 1 aromatic rings. The number of hydrogen-bond acceptors (Lipinski definition) is 2. The fourth-order valence-corrected chi connectivity index (χ4v) is 6.04. The van der Waals surface area contributed by atoms with E-state index in [1.54, 1.807) is 0 Å². The molecule has 0 radical (unpaired) electrons. The van der Waals surface area contributed by atoms with Gasteiger partial charge in [-0.15, -0.1) is 0 Å². The van der Waals surface area contributed by atoms with Gasteiger partial charge in [-0.05, 0) is 68.6 Å². The van der Waals surface area contributed by atoms with Crippen LogP contribution in [0.3, 0.4) is 0 Å². The van der Waals surface area contributed by atoms with Gasteiger partial charge in [-0.25, -0.2) is 0 Å². The van der Waals surface area contributed by atoms with E-state index in [0.29, 0.717) is 18.3 Å². The largest absolute Gasteiger partial charge is 0.417 e. The Balaban J connectivity index is 1.59. The van der Waals surface area contributed by atoms with Crippen molar-refractivity contribution in [2.24, 2.45) is 17.3 Å². The molecule has 2 N–H and O–H groups in total. The van der Waals surface area contributed by atoms with E-state index < -0.39 is 22.8 Å². The van der Waals surface area contributed by atoms with E-state index in [0.717, 1.165) is 38.2 Å². The van der Waals surface area contributed by atoms with Crippen LogP contribution in [0.25, 0.3) is 0 Å². The van der Waals surface area contributed by atoms with E-state index in [9.17, 15) is 23.1 Å². The SMILES string of the molecule is O=C(Nc1ccc(Br)c(C(F)(F)F)c1)C12C[C@@H]3C[C@@H](CC(O)(C3)C1)C2. The van der Waals surface area contributed by atoms with Crippen LogP contribution in [0.2, 0.25) is 0 Å². The highest BCUT2D eigenvalue weighted by Crippen LogP contribution is 2.61. The highest BCUT2D eigenvalue weighted by Gasteiger charge is 2.60. The Morgan fingerprint density at radius 1 is 1.20 bits per heavy atom. The maximum Gasteiger partial charge on any atom is 0.417 e. The van der Waals surface area contributed by atoms with E-state index >= 15 is 0 Å². The van der Waals surface area contributed by atoms with Crippen LogP contribution in [0.4, 0.5) is 18.9 Å². The third kappa shape index (κ3) is 2.99. The Labute approximate surface area is 152 Å². The Bertz CT molecular complexity index is 720. The second kappa shape index (κ2) is 5.46. The summed E-state index contributed by atoms with van der Waals surface area (Å²) in [4.78, 5) is 12.9. The molecule has 0 aromatic heterocycles. The van der Waals surface area contributed by atoms with Crippen molar-refractivity contribution in [3.63, 3.8) is 0 Å². The summed E-state index contributed by atoms with van der Waals surface area (Å²) in [5.74, 6) is 0.427. The quantitative estimate of drug-likeness (QED) is 0.729. The van der Waals surface area contributed by atoms with Crippen molar-refractivity contribution in [1.29, 1.82) is 0 Å². The standard InChI is InChI=1S/C18H19BrF3NO2/c19-14-2-1-12(4-13(14)18(20,21)22)23-15(24)16-5-10-3-11(6-16)8-17(25,7-10)9-16/h1-2,4,10-11,25H,3,5-9H2,(H,23,24)/t10-,11+,16?,17?. The number of benzene rings is 1. The van der Waals surface area contributed by atoms with Gasteiger partial charge in [0, 0.05) is 10.2 Å². The van der Waals surface area contributed by atoms with Crippen LogP contribution < -0.4 is 5.32 Å².